The number of carboxylic acid groups (broad SMARTS) is 1. The lowest BCUT2D eigenvalue weighted by molar-refractivity contribution is -0.139. The van der Waals surface area contributed by atoms with Gasteiger partial charge in [0.15, 0.2) is 0 Å². The average Bonchev–Trinajstić information content (AvgIpc) is 2.63. The highest BCUT2D eigenvalue weighted by molar-refractivity contribution is 5.74. The molecule has 84 valence electrons. The molecule has 4 nitrogen and oxygen atoms in total. The SMILES string of the molecule is CC(C)CCNC(C(=O)O)c1ccc[nH]1. The molecule has 1 rings (SSSR count). The minimum Gasteiger partial charge on any atom is -0.480 e. The zero-order valence-corrected chi connectivity index (χ0v) is 9.16. The predicted octanol–water partition coefficient (Wildman–Crippen LogP) is 1.78. The first-order valence-corrected chi connectivity index (χ1v) is 5.20. The molecule has 0 amide bonds. The Morgan fingerprint density at radius 2 is 2.33 bits per heavy atom. The molecule has 0 radical (unpaired) electrons. The van der Waals surface area contributed by atoms with Crippen LogP contribution in [0, 0.1) is 5.92 Å². The van der Waals surface area contributed by atoms with Crippen molar-refractivity contribution in [2.45, 2.75) is 26.3 Å². The maximum absolute atomic E-state index is 11.0. The molecule has 0 aliphatic rings. The number of H-pyrrole nitrogens is 1. The van der Waals surface area contributed by atoms with Crippen molar-refractivity contribution in [1.82, 2.24) is 10.3 Å². The van der Waals surface area contributed by atoms with E-state index >= 15 is 0 Å². The van der Waals surface area contributed by atoms with Crippen LogP contribution in [-0.4, -0.2) is 22.6 Å². The lowest BCUT2D eigenvalue weighted by Crippen LogP contribution is -2.30. The van der Waals surface area contributed by atoms with Crippen molar-refractivity contribution in [3.8, 4) is 0 Å². The first-order valence-electron chi connectivity index (χ1n) is 5.20. The molecule has 1 unspecified atom stereocenters. The highest BCUT2D eigenvalue weighted by Crippen LogP contribution is 2.10. The van der Waals surface area contributed by atoms with Crippen LogP contribution < -0.4 is 5.32 Å². The Bertz CT molecular complexity index is 294. The van der Waals surface area contributed by atoms with Crippen LogP contribution in [0.4, 0.5) is 0 Å². The fraction of sp³-hybridized carbons (Fsp3) is 0.545. The van der Waals surface area contributed by atoms with E-state index in [-0.39, 0.29) is 0 Å². The molecule has 1 atom stereocenters. The Kier molecular flexibility index (Phi) is 4.37. The van der Waals surface area contributed by atoms with Gasteiger partial charge in [0, 0.05) is 11.9 Å². The van der Waals surface area contributed by atoms with Gasteiger partial charge in [-0.2, -0.15) is 0 Å². The molecule has 0 aromatic carbocycles. The molecule has 0 fully saturated rings. The molecule has 1 aromatic heterocycles. The minimum atomic E-state index is -0.846. The summed E-state index contributed by atoms with van der Waals surface area (Å²) >= 11 is 0. The van der Waals surface area contributed by atoms with Gasteiger partial charge in [-0.3, -0.25) is 10.1 Å². The Hall–Kier alpha value is -1.29. The standard InChI is InChI=1S/C11H18N2O2/c1-8(2)5-7-13-10(11(14)15)9-4-3-6-12-9/h3-4,6,8,10,12-13H,5,7H2,1-2H3,(H,14,15). The molecule has 0 aliphatic heterocycles. The van der Waals surface area contributed by atoms with Crippen LogP contribution in [0.25, 0.3) is 0 Å². The van der Waals surface area contributed by atoms with E-state index in [0.717, 1.165) is 6.42 Å². The number of aromatic nitrogens is 1. The zero-order valence-electron chi connectivity index (χ0n) is 9.16. The van der Waals surface area contributed by atoms with E-state index in [1.165, 1.54) is 0 Å². The van der Waals surface area contributed by atoms with Crippen LogP contribution in [0.2, 0.25) is 0 Å². The molecule has 0 bridgehead atoms. The van der Waals surface area contributed by atoms with E-state index in [0.29, 0.717) is 18.2 Å². The second-order valence-electron chi connectivity index (χ2n) is 4.03. The largest absolute Gasteiger partial charge is 0.480 e. The maximum atomic E-state index is 11.0. The van der Waals surface area contributed by atoms with Gasteiger partial charge in [0.05, 0.1) is 0 Å². The molecule has 0 saturated carbocycles. The molecule has 0 saturated heterocycles. The van der Waals surface area contributed by atoms with Gasteiger partial charge in [-0.15, -0.1) is 0 Å². The van der Waals surface area contributed by atoms with Gasteiger partial charge in [0.2, 0.25) is 0 Å². The molecule has 0 spiro atoms. The van der Waals surface area contributed by atoms with Crippen molar-refractivity contribution in [2.24, 2.45) is 5.92 Å². The third-order valence-electron chi connectivity index (χ3n) is 2.25. The van der Waals surface area contributed by atoms with Gasteiger partial charge in [0.25, 0.3) is 0 Å². The second-order valence-corrected chi connectivity index (χ2v) is 4.03. The Balaban J connectivity index is 2.49. The van der Waals surface area contributed by atoms with E-state index in [1.807, 2.05) is 0 Å². The number of nitrogens with one attached hydrogen (secondary N) is 2. The summed E-state index contributed by atoms with van der Waals surface area (Å²) in [6.45, 7) is 4.95. The van der Waals surface area contributed by atoms with Crippen molar-refractivity contribution in [2.75, 3.05) is 6.54 Å². The number of carbonyl (C=O) groups is 1. The first-order chi connectivity index (χ1) is 7.11. The molecule has 3 N–H and O–H groups in total. The average molecular weight is 210 g/mol. The summed E-state index contributed by atoms with van der Waals surface area (Å²) in [6.07, 6.45) is 2.71. The second kappa shape index (κ2) is 5.56. The highest BCUT2D eigenvalue weighted by atomic mass is 16.4. The summed E-state index contributed by atoms with van der Waals surface area (Å²) in [4.78, 5) is 13.9. The van der Waals surface area contributed by atoms with E-state index < -0.39 is 12.0 Å². The Morgan fingerprint density at radius 1 is 1.60 bits per heavy atom. The van der Waals surface area contributed by atoms with Gasteiger partial charge in [-0.05, 0) is 31.0 Å². The van der Waals surface area contributed by atoms with Crippen LogP contribution in [0.1, 0.15) is 32.0 Å². The van der Waals surface area contributed by atoms with Gasteiger partial charge in [0.1, 0.15) is 6.04 Å². The van der Waals surface area contributed by atoms with Crippen LogP contribution in [0.5, 0.6) is 0 Å². The van der Waals surface area contributed by atoms with Crippen LogP contribution in [0.3, 0.4) is 0 Å². The van der Waals surface area contributed by atoms with Crippen molar-refractivity contribution >= 4 is 5.97 Å². The molecule has 1 heterocycles. The van der Waals surface area contributed by atoms with Crippen LogP contribution in [-0.2, 0) is 4.79 Å². The molecular weight excluding hydrogens is 192 g/mol. The van der Waals surface area contributed by atoms with Crippen LogP contribution in [0.15, 0.2) is 18.3 Å². The quantitative estimate of drug-likeness (QED) is 0.670. The number of hydrogen-bond acceptors (Lipinski definition) is 2. The Labute approximate surface area is 89.7 Å². The number of hydrogen-bond donors (Lipinski definition) is 3. The monoisotopic (exact) mass is 210 g/mol. The van der Waals surface area contributed by atoms with E-state index in [1.54, 1.807) is 18.3 Å². The molecule has 15 heavy (non-hydrogen) atoms. The first kappa shape index (κ1) is 11.8. The topological polar surface area (TPSA) is 65.1 Å². The summed E-state index contributed by atoms with van der Waals surface area (Å²) in [6, 6.07) is 2.95. The fourth-order valence-electron chi connectivity index (χ4n) is 1.37. The third kappa shape index (κ3) is 3.75. The summed E-state index contributed by atoms with van der Waals surface area (Å²) < 4.78 is 0. The molecule has 4 heteroatoms. The lowest BCUT2D eigenvalue weighted by atomic mass is 10.1. The number of aliphatic carboxylic acids is 1. The summed E-state index contributed by atoms with van der Waals surface area (Å²) in [5.41, 5.74) is 0.700. The lowest BCUT2D eigenvalue weighted by Gasteiger charge is -2.13. The predicted molar refractivity (Wildman–Crippen MR) is 58.6 cm³/mol. The summed E-state index contributed by atoms with van der Waals surface area (Å²) in [5, 5.41) is 12.0. The molecule has 1 aromatic rings. The van der Waals surface area contributed by atoms with Gasteiger partial charge >= 0.3 is 5.97 Å². The summed E-state index contributed by atoms with van der Waals surface area (Å²) in [7, 11) is 0. The minimum absolute atomic E-state index is 0.579. The van der Waals surface area contributed by atoms with Crippen molar-refractivity contribution in [3.63, 3.8) is 0 Å². The highest BCUT2D eigenvalue weighted by Gasteiger charge is 2.19. The van der Waals surface area contributed by atoms with E-state index in [2.05, 4.69) is 24.1 Å². The van der Waals surface area contributed by atoms with Crippen molar-refractivity contribution in [1.29, 1.82) is 0 Å². The van der Waals surface area contributed by atoms with Crippen LogP contribution >= 0.6 is 0 Å². The molecule has 0 aliphatic carbocycles. The Morgan fingerprint density at radius 3 is 2.80 bits per heavy atom. The smallest absolute Gasteiger partial charge is 0.326 e. The van der Waals surface area contributed by atoms with Gasteiger partial charge in [-0.1, -0.05) is 13.8 Å². The van der Waals surface area contributed by atoms with Gasteiger partial charge in [-0.25, -0.2) is 0 Å². The third-order valence-corrected chi connectivity index (χ3v) is 2.25. The normalized spacial score (nSPS) is 13.0. The van der Waals surface area contributed by atoms with E-state index in [4.69, 9.17) is 5.11 Å². The molecular formula is C11H18N2O2. The van der Waals surface area contributed by atoms with E-state index in [9.17, 15) is 4.79 Å². The van der Waals surface area contributed by atoms with Crippen molar-refractivity contribution in [3.05, 3.63) is 24.0 Å². The fourth-order valence-corrected chi connectivity index (χ4v) is 1.37. The van der Waals surface area contributed by atoms with Gasteiger partial charge < -0.3 is 10.1 Å². The number of aromatic amines is 1. The summed E-state index contributed by atoms with van der Waals surface area (Å²) in [5.74, 6) is -0.267. The van der Waals surface area contributed by atoms with Crippen molar-refractivity contribution < 1.29 is 9.90 Å². The number of rotatable bonds is 6. The zero-order chi connectivity index (χ0) is 11.3. The number of carboxylic acids is 1. The maximum Gasteiger partial charge on any atom is 0.326 e.